The molecular formula is C14H19N5O6. The Bertz CT molecular complexity index is 858. The highest BCUT2D eigenvalue weighted by Crippen LogP contribution is 2.31. The Labute approximate surface area is 141 Å². The largest absolute Gasteiger partial charge is 0.394 e. The molecule has 3 heterocycles. The van der Waals surface area contributed by atoms with Gasteiger partial charge >= 0.3 is 5.69 Å². The van der Waals surface area contributed by atoms with Gasteiger partial charge in [-0.1, -0.05) is 12.1 Å². The predicted octanol–water partition coefficient (Wildman–Crippen LogP) is -2.65. The molecule has 3 rings (SSSR count). The highest BCUT2D eigenvalue weighted by atomic mass is 16.6. The van der Waals surface area contributed by atoms with E-state index in [1.807, 2.05) is 6.92 Å². The fourth-order valence-corrected chi connectivity index (χ4v) is 2.72. The lowest BCUT2D eigenvalue weighted by Crippen LogP contribution is -2.36. The van der Waals surface area contributed by atoms with Crippen molar-refractivity contribution < 1.29 is 20.1 Å². The number of hydrogen-bond acceptors (Lipinski definition) is 8. The maximum atomic E-state index is 12.1. The minimum atomic E-state index is -1.40. The van der Waals surface area contributed by atoms with Gasteiger partial charge in [0.05, 0.1) is 24.1 Å². The van der Waals surface area contributed by atoms with Crippen molar-refractivity contribution in [2.45, 2.75) is 44.4 Å². The Morgan fingerprint density at radius 3 is 2.64 bits per heavy atom. The van der Waals surface area contributed by atoms with Crippen LogP contribution in [0.5, 0.6) is 0 Å². The number of rotatable bonds is 5. The second kappa shape index (κ2) is 6.88. The van der Waals surface area contributed by atoms with Crippen LogP contribution in [0.1, 0.15) is 24.3 Å². The second-order valence-electron chi connectivity index (χ2n) is 5.82. The standard InChI is InChI=1S/C14H19N5O6/c1-2-7-3-19(17-16-7)6-18-4-8(13(23)15-14(18)24)12-11(22)10(21)9(5-20)25-12/h3-4,9-12,20-22H,2,5-6H2,1H3,(H,15,23,24)/t9-,10?,11+,12+/m1/s1. The van der Waals surface area contributed by atoms with E-state index in [1.54, 1.807) is 6.20 Å². The SMILES string of the molecule is CCc1cn(Cn2cc([C@@H]3O[C@H](CO)C(O)[C@@H]3O)c(=O)[nH]c2=O)nn1. The van der Waals surface area contributed by atoms with E-state index < -0.39 is 42.3 Å². The highest BCUT2D eigenvalue weighted by molar-refractivity contribution is 5.14. The summed E-state index contributed by atoms with van der Waals surface area (Å²) in [5, 5.41) is 36.9. The molecule has 136 valence electrons. The van der Waals surface area contributed by atoms with Gasteiger partial charge in [0.15, 0.2) is 0 Å². The highest BCUT2D eigenvalue weighted by Gasteiger charge is 2.44. The Morgan fingerprint density at radius 1 is 1.28 bits per heavy atom. The lowest BCUT2D eigenvalue weighted by molar-refractivity contribution is -0.0233. The maximum absolute atomic E-state index is 12.1. The quantitative estimate of drug-likeness (QED) is 0.454. The van der Waals surface area contributed by atoms with Crippen LogP contribution < -0.4 is 11.2 Å². The van der Waals surface area contributed by atoms with Crippen molar-refractivity contribution in [3.8, 4) is 0 Å². The number of ether oxygens (including phenoxy) is 1. The third-order valence-electron chi connectivity index (χ3n) is 4.13. The van der Waals surface area contributed by atoms with Gasteiger partial charge in [-0.05, 0) is 6.42 Å². The van der Waals surface area contributed by atoms with E-state index in [4.69, 9.17) is 9.84 Å². The molecule has 1 fully saturated rings. The van der Waals surface area contributed by atoms with Gasteiger partial charge < -0.3 is 20.1 Å². The first kappa shape index (κ1) is 17.5. The number of nitrogens with one attached hydrogen (secondary N) is 1. The molecule has 0 aromatic carbocycles. The number of aliphatic hydroxyl groups is 3. The summed E-state index contributed by atoms with van der Waals surface area (Å²) in [6, 6.07) is 0. The fourth-order valence-electron chi connectivity index (χ4n) is 2.72. The number of aromatic nitrogens is 5. The topological polar surface area (TPSA) is 155 Å². The van der Waals surface area contributed by atoms with Crippen LogP contribution in [0.2, 0.25) is 0 Å². The van der Waals surface area contributed by atoms with Gasteiger partial charge in [0, 0.05) is 6.20 Å². The Hall–Kier alpha value is -2.34. The van der Waals surface area contributed by atoms with Crippen LogP contribution in [-0.4, -0.2) is 64.8 Å². The molecule has 11 heteroatoms. The molecule has 1 unspecified atom stereocenters. The molecule has 0 saturated carbocycles. The summed E-state index contributed by atoms with van der Waals surface area (Å²) in [6.07, 6.45) is -1.31. The molecule has 0 amide bonds. The normalized spacial score (nSPS) is 26.2. The molecule has 25 heavy (non-hydrogen) atoms. The number of aryl methyl sites for hydroxylation is 1. The zero-order chi connectivity index (χ0) is 18.1. The minimum Gasteiger partial charge on any atom is -0.394 e. The zero-order valence-corrected chi connectivity index (χ0v) is 13.4. The fraction of sp³-hybridized carbons (Fsp3) is 0.571. The monoisotopic (exact) mass is 353 g/mol. The predicted molar refractivity (Wildman–Crippen MR) is 82.8 cm³/mol. The van der Waals surface area contributed by atoms with Crippen molar-refractivity contribution in [3.63, 3.8) is 0 Å². The smallest absolute Gasteiger partial charge is 0.329 e. The minimum absolute atomic E-state index is 0.00438. The lowest BCUT2D eigenvalue weighted by atomic mass is 10.0. The summed E-state index contributed by atoms with van der Waals surface area (Å²) < 4.78 is 7.96. The van der Waals surface area contributed by atoms with Crippen LogP contribution in [0.15, 0.2) is 22.0 Å². The summed E-state index contributed by atoms with van der Waals surface area (Å²) >= 11 is 0. The molecular weight excluding hydrogens is 334 g/mol. The Morgan fingerprint density at radius 2 is 2.04 bits per heavy atom. The number of H-pyrrole nitrogens is 1. The van der Waals surface area contributed by atoms with Crippen LogP contribution in [0.4, 0.5) is 0 Å². The third kappa shape index (κ3) is 3.26. The van der Waals surface area contributed by atoms with Crippen LogP contribution in [0.3, 0.4) is 0 Å². The van der Waals surface area contributed by atoms with E-state index in [-0.39, 0.29) is 12.2 Å². The van der Waals surface area contributed by atoms with Crippen molar-refractivity contribution in [2.75, 3.05) is 6.61 Å². The van der Waals surface area contributed by atoms with Crippen molar-refractivity contribution in [3.05, 3.63) is 44.5 Å². The van der Waals surface area contributed by atoms with Crippen LogP contribution >= 0.6 is 0 Å². The molecule has 0 spiro atoms. The Balaban J connectivity index is 1.93. The van der Waals surface area contributed by atoms with E-state index in [0.29, 0.717) is 6.42 Å². The van der Waals surface area contributed by atoms with Gasteiger partial charge in [0.1, 0.15) is 31.1 Å². The number of hydrogen-bond donors (Lipinski definition) is 4. The van der Waals surface area contributed by atoms with Gasteiger partial charge in [-0.3, -0.25) is 14.3 Å². The lowest BCUT2D eigenvalue weighted by Gasteiger charge is -2.15. The van der Waals surface area contributed by atoms with E-state index in [9.17, 15) is 19.8 Å². The van der Waals surface area contributed by atoms with Gasteiger partial charge in [0.2, 0.25) is 0 Å². The summed E-state index contributed by atoms with van der Waals surface area (Å²) in [5.74, 6) is 0. The van der Waals surface area contributed by atoms with Crippen molar-refractivity contribution in [1.82, 2.24) is 24.5 Å². The Kier molecular flexibility index (Phi) is 4.81. The molecule has 4 N–H and O–H groups in total. The molecule has 1 saturated heterocycles. The second-order valence-corrected chi connectivity index (χ2v) is 5.82. The van der Waals surface area contributed by atoms with Gasteiger partial charge in [0.25, 0.3) is 5.56 Å². The summed E-state index contributed by atoms with van der Waals surface area (Å²) in [6.45, 7) is 1.41. The summed E-state index contributed by atoms with van der Waals surface area (Å²) in [7, 11) is 0. The van der Waals surface area contributed by atoms with E-state index >= 15 is 0 Å². The molecule has 1 aliphatic heterocycles. The van der Waals surface area contributed by atoms with Crippen molar-refractivity contribution >= 4 is 0 Å². The first-order valence-electron chi connectivity index (χ1n) is 7.79. The molecule has 0 aliphatic carbocycles. The van der Waals surface area contributed by atoms with Crippen LogP contribution in [0.25, 0.3) is 0 Å². The first-order valence-corrected chi connectivity index (χ1v) is 7.79. The first-order chi connectivity index (χ1) is 11.9. The number of nitrogens with zero attached hydrogens (tertiary/aromatic N) is 4. The average molecular weight is 353 g/mol. The van der Waals surface area contributed by atoms with E-state index in [1.165, 1.54) is 15.4 Å². The van der Waals surface area contributed by atoms with Crippen molar-refractivity contribution in [1.29, 1.82) is 0 Å². The number of aliphatic hydroxyl groups excluding tert-OH is 3. The van der Waals surface area contributed by atoms with Gasteiger partial charge in [-0.2, -0.15) is 0 Å². The molecule has 4 atom stereocenters. The summed E-state index contributed by atoms with van der Waals surface area (Å²) in [4.78, 5) is 26.2. The van der Waals surface area contributed by atoms with Gasteiger partial charge in [-0.15, -0.1) is 5.10 Å². The average Bonchev–Trinajstić information content (AvgIpc) is 3.16. The van der Waals surface area contributed by atoms with Crippen LogP contribution in [-0.2, 0) is 17.8 Å². The van der Waals surface area contributed by atoms with E-state index in [2.05, 4.69) is 15.3 Å². The molecule has 0 bridgehead atoms. The number of aromatic amines is 1. The molecule has 0 radical (unpaired) electrons. The van der Waals surface area contributed by atoms with Crippen LogP contribution in [0, 0.1) is 0 Å². The van der Waals surface area contributed by atoms with E-state index in [0.717, 1.165) is 5.69 Å². The maximum Gasteiger partial charge on any atom is 0.329 e. The molecule has 1 aliphatic rings. The third-order valence-corrected chi connectivity index (χ3v) is 4.13. The molecule has 11 nitrogen and oxygen atoms in total. The zero-order valence-electron chi connectivity index (χ0n) is 13.4. The van der Waals surface area contributed by atoms with Gasteiger partial charge in [-0.25, -0.2) is 9.48 Å². The van der Waals surface area contributed by atoms with Crippen molar-refractivity contribution in [2.24, 2.45) is 0 Å². The summed E-state index contributed by atoms with van der Waals surface area (Å²) in [5.41, 5.74) is -0.669. The molecule has 2 aromatic heterocycles. The molecule has 2 aromatic rings.